The SMILES string of the molecule is CC.CC1=NN=C(CC(C)C)C2CCCCCCC12.CCC(C)C. The summed E-state index contributed by atoms with van der Waals surface area (Å²) >= 11 is 0. The molecule has 0 aromatic carbocycles. The Morgan fingerprint density at radius 2 is 1.33 bits per heavy atom. The summed E-state index contributed by atoms with van der Waals surface area (Å²) < 4.78 is 0. The Bertz CT molecular complexity index is 366. The van der Waals surface area contributed by atoms with Gasteiger partial charge >= 0.3 is 0 Å². The van der Waals surface area contributed by atoms with Crippen LogP contribution < -0.4 is 0 Å². The van der Waals surface area contributed by atoms with Crippen molar-refractivity contribution in [2.45, 2.75) is 107 Å². The van der Waals surface area contributed by atoms with Crippen molar-refractivity contribution in [1.29, 1.82) is 0 Å². The van der Waals surface area contributed by atoms with Gasteiger partial charge in [0.15, 0.2) is 0 Å². The van der Waals surface area contributed by atoms with Crippen LogP contribution in [0.2, 0.25) is 0 Å². The van der Waals surface area contributed by atoms with E-state index in [0.29, 0.717) is 17.8 Å². The van der Waals surface area contributed by atoms with Crippen LogP contribution in [0, 0.1) is 23.7 Å². The highest BCUT2D eigenvalue weighted by molar-refractivity contribution is 5.97. The second kappa shape index (κ2) is 13.6. The van der Waals surface area contributed by atoms with Crippen LogP contribution in [0.3, 0.4) is 0 Å². The Hall–Kier alpha value is -0.660. The van der Waals surface area contributed by atoms with Crippen LogP contribution in [-0.4, -0.2) is 11.4 Å². The third kappa shape index (κ3) is 8.99. The van der Waals surface area contributed by atoms with Crippen LogP contribution in [0.1, 0.15) is 107 Å². The Balaban J connectivity index is 0.000000650. The van der Waals surface area contributed by atoms with Crippen LogP contribution in [0.15, 0.2) is 10.2 Å². The average molecular weight is 337 g/mol. The fourth-order valence-electron chi connectivity index (χ4n) is 3.29. The van der Waals surface area contributed by atoms with Gasteiger partial charge in [0.25, 0.3) is 0 Å². The minimum atomic E-state index is 0.696. The van der Waals surface area contributed by atoms with Crippen molar-refractivity contribution in [2.75, 3.05) is 0 Å². The number of hydrogen-bond donors (Lipinski definition) is 0. The van der Waals surface area contributed by atoms with Crippen molar-refractivity contribution in [3.8, 4) is 0 Å². The van der Waals surface area contributed by atoms with Gasteiger partial charge in [0.05, 0.1) is 0 Å². The molecule has 0 N–H and O–H groups in total. The first-order valence-electron chi connectivity index (χ1n) is 10.6. The lowest BCUT2D eigenvalue weighted by atomic mass is 9.74. The zero-order valence-corrected chi connectivity index (χ0v) is 17.9. The first kappa shape index (κ1) is 23.3. The minimum absolute atomic E-state index is 0.696. The van der Waals surface area contributed by atoms with Crippen LogP contribution in [0.25, 0.3) is 0 Å². The molecule has 2 unspecified atom stereocenters. The average Bonchev–Trinajstić information content (AvgIpc) is 2.52. The maximum Gasteiger partial charge on any atom is 0.0445 e. The van der Waals surface area contributed by atoms with E-state index in [1.165, 1.54) is 56.4 Å². The fraction of sp³-hybridized carbons (Fsp3) is 0.909. The molecule has 0 spiro atoms. The van der Waals surface area contributed by atoms with Gasteiger partial charge < -0.3 is 0 Å². The fourth-order valence-corrected chi connectivity index (χ4v) is 3.29. The lowest BCUT2D eigenvalue weighted by Crippen LogP contribution is -2.33. The van der Waals surface area contributed by atoms with E-state index in [4.69, 9.17) is 0 Å². The van der Waals surface area contributed by atoms with E-state index < -0.39 is 0 Å². The van der Waals surface area contributed by atoms with Crippen molar-refractivity contribution < 1.29 is 0 Å². The minimum Gasteiger partial charge on any atom is -0.160 e. The van der Waals surface area contributed by atoms with Gasteiger partial charge in [-0.3, -0.25) is 0 Å². The quantitative estimate of drug-likeness (QED) is 0.509. The zero-order chi connectivity index (χ0) is 18.5. The van der Waals surface area contributed by atoms with E-state index >= 15 is 0 Å². The second-order valence-corrected chi connectivity index (χ2v) is 7.94. The number of nitrogens with zero attached hydrogens (tertiary/aromatic N) is 2. The van der Waals surface area contributed by atoms with E-state index in [9.17, 15) is 0 Å². The van der Waals surface area contributed by atoms with Gasteiger partial charge in [-0.05, 0) is 38.0 Å². The van der Waals surface area contributed by atoms with E-state index in [0.717, 1.165) is 12.3 Å². The maximum absolute atomic E-state index is 4.51. The molecule has 2 rings (SSSR count). The summed E-state index contributed by atoms with van der Waals surface area (Å²) in [5.74, 6) is 2.99. The van der Waals surface area contributed by atoms with Gasteiger partial charge in [-0.1, -0.05) is 80.6 Å². The van der Waals surface area contributed by atoms with Gasteiger partial charge in [0.2, 0.25) is 0 Å². The van der Waals surface area contributed by atoms with Gasteiger partial charge in [0, 0.05) is 23.3 Å². The number of rotatable bonds is 3. The third-order valence-corrected chi connectivity index (χ3v) is 5.00. The van der Waals surface area contributed by atoms with Crippen molar-refractivity contribution in [3.05, 3.63) is 0 Å². The van der Waals surface area contributed by atoms with Crippen molar-refractivity contribution in [2.24, 2.45) is 33.9 Å². The highest BCUT2D eigenvalue weighted by Crippen LogP contribution is 2.34. The topological polar surface area (TPSA) is 24.7 Å². The molecule has 0 amide bonds. The molecule has 142 valence electrons. The van der Waals surface area contributed by atoms with E-state index in [1.807, 2.05) is 13.8 Å². The van der Waals surface area contributed by atoms with E-state index in [2.05, 4.69) is 51.7 Å². The molecule has 2 aliphatic rings. The van der Waals surface area contributed by atoms with Gasteiger partial charge in [-0.15, -0.1) is 0 Å². The standard InChI is InChI=1S/C15H26N2.C5H12.C2H6/c1-11(2)10-15-14-9-7-5-4-6-8-13(14)12(3)16-17-15;1-4-5(2)3;1-2/h11,13-14H,4-10H2,1-3H3;5H,4H2,1-3H3;1-2H3. The molecule has 1 aliphatic carbocycles. The summed E-state index contributed by atoms with van der Waals surface area (Å²) in [6.07, 6.45) is 10.7. The van der Waals surface area contributed by atoms with Gasteiger partial charge in [0.1, 0.15) is 0 Å². The lowest BCUT2D eigenvalue weighted by Gasteiger charge is -2.32. The first-order valence-corrected chi connectivity index (χ1v) is 10.6. The highest BCUT2D eigenvalue weighted by atomic mass is 15.2. The highest BCUT2D eigenvalue weighted by Gasteiger charge is 2.31. The lowest BCUT2D eigenvalue weighted by molar-refractivity contribution is 0.383. The Labute approximate surface area is 152 Å². The Kier molecular flexibility index (Phi) is 13.2. The second-order valence-electron chi connectivity index (χ2n) is 7.94. The molecule has 2 heteroatoms. The summed E-state index contributed by atoms with van der Waals surface area (Å²) in [6.45, 7) is 17.4. The number of hydrogen-bond acceptors (Lipinski definition) is 2. The molecule has 1 fully saturated rings. The molecule has 0 aromatic heterocycles. The molecule has 2 nitrogen and oxygen atoms in total. The van der Waals surface area contributed by atoms with Crippen LogP contribution >= 0.6 is 0 Å². The third-order valence-electron chi connectivity index (χ3n) is 5.00. The number of fused-ring (bicyclic) bond motifs is 1. The molecule has 0 aromatic rings. The van der Waals surface area contributed by atoms with Crippen molar-refractivity contribution in [1.82, 2.24) is 0 Å². The largest absolute Gasteiger partial charge is 0.160 e. The van der Waals surface area contributed by atoms with Crippen LogP contribution in [0.4, 0.5) is 0 Å². The maximum atomic E-state index is 4.51. The molecule has 1 saturated carbocycles. The van der Waals surface area contributed by atoms with Crippen LogP contribution in [-0.2, 0) is 0 Å². The summed E-state index contributed by atoms with van der Waals surface area (Å²) in [4.78, 5) is 0. The van der Waals surface area contributed by atoms with E-state index in [1.54, 1.807) is 0 Å². The molecule has 1 heterocycles. The Morgan fingerprint density at radius 3 is 1.79 bits per heavy atom. The molecule has 24 heavy (non-hydrogen) atoms. The van der Waals surface area contributed by atoms with Crippen molar-refractivity contribution >= 4 is 11.4 Å². The predicted octanol–water partition coefficient (Wildman–Crippen LogP) is 7.53. The van der Waals surface area contributed by atoms with Gasteiger partial charge in [-0.2, -0.15) is 10.2 Å². The predicted molar refractivity (Wildman–Crippen MR) is 111 cm³/mol. The molecule has 2 atom stereocenters. The van der Waals surface area contributed by atoms with Crippen molar-refractivity contribution in [3.63, 3.8) is 0 Å². The molecule has 0 saturated heterocycles. The molecule has 1 aliphatic heterocycles. The summed E-state index contributed by atoms with van der Waals surface area (Å²) in [5.41, 5.74) is 2.67. The van der Waals surface area contributed by atoms with Gasteiger partial charge in [-0.25, -0.2) is 0 Å². The summed E-state index contributed by atoms with van der Waals surface area (Å²) in [6, 6.07) is 0. The molecule has 0 bridgehead atoms. The monoisotopic (exact) mass is 336 g/mol. The van der Waals surface area contributed by atoms with E-state index in [-0.39, 0.29) is 0 Å². The summed E-state index contributed by atoms with van der Waals surface area (Å²) in [7, 11) is 0. The molecule has 0 radical (unpaired) electrons. The molecular weight excluding hydrogens is 292 g/mol. The van der Waals surface area contributed by atoms with Crippen LogP contribution in [0.5, 0.6) is 0 Å². The zero-order valence-electron chi connectivity index (χ0n) is 17.9. The molecular formula is C22H44N2. The Morgan fingerprint density at radius 1 is 0.833 bits per heavy atom. The first-order chi connectivity index (χ1) is 11.5. The smallest absolute Gasteiger partial charge is 0.0445 e. The summed E-state index contributed by atoms with van der Waals surface area (Å²) in [5, 5.41) is 8.94. The normalized spacial score (nSPS) is 23.6.